The Balaban J connectivity index is 1.19. The second-order valence-electron chi connectivity index (χ2n) is 11.2. The summed E-state index contributed by atoms with van der Waals surface area (Å²) in [6.07, 6.45) is 0.483. The number of carbonyl (C=O) groups excluding carboxylic acids is 1. The summed E-state index contributed by atoms with van der Waals surface area (Å²) >= 11 is 0. The highest BCUT2D eigenvalue weighted by molar-refractivity contribution is 6.06. The molecule has 1 amide bonds. The van der Waals surface area contributed by atoms with Crippen LogP contribution in [0.1, 0.15) is 28.9 Å². The van der Waals surface area contributed by atoms with Gasteiger partial charge in [0.05, 0.1) is 30.7 Å². The van der Waals surface area contributed by atoms with Crippen molar-refractivity contribution in [3.63, 3.8) is 0 Å². The zero-order valence-electron chi connectivity index (χ0n) is 22.1. The van der Waals surface area contributed by atoms with Gasteiger partial charge in [-0.15, -0.1) is 0 Å². The van der Waals surface area contributed by atoms with Crippen molar-refractivity contribution in [3.8, 4) is 11.4 Å². The molecule has 10 nitrogen and oxygen atoms in total. The molecule has 4 fully saturated rings. The van der Waals surface area contributed by atoms with Gasteiger partial charge >= 0.3 is 6.18 Å². The number of nitrogens with two attached hydrogens (primary N) is 1. The molecule has 0 aromatic carbocycles. The molecule has 0 spiro atoms. The Morgan fingerprint density at radius 2 is 1.76 bits per heavy atom. The fraction of sp³-hybridized carbons (Fsp3) is 0.464. The number of halogens is 3. The number of hydrogen-bond donors (Lipinski definition) is 2. The molecule has 2 aliphatic carbocycles. The highest BCUT2D eigenvalue weighted by Crippen LogP contribution is 2.60. The summed E-state index contributed by atoms with van der Waals surface area (Å²) in [7, 11) is 0. The molecule has 41 heavy (non-hydrogen) atoms. The molecule has 0 radical (unpaired) electrons. The number of rotatable bonds is 5. The number of nitrogen functional groups attached to an aromatic ring is 1. The first kappa shape index (κ1) is 25.9. The minimum absolute atomic E-state index is 0.209. The number of carbonyl (C=O) groups is 1. The van der Waals surface area contributed by atoms with E-state index in [-0.39, 0.29) is 17.2 Å². The van der Waals surface area contributed by atoms with Crippen LogP contribution in [0, 0.1) is 23.7 Å². The highest BCUT2D eigenvalue weighted by atomic mass is 19.4. The number of nitrogens with one attached hydrogen (secondary N) is 1. The number of morpholine rings is 1. The van der Waals surface area contributed by atoms with E-state index in [1.807, 2.05) is 17.0 Å². The van der Waals surface area contributed by atoms with E-state index in [0.29, 0.717) is 49.8 Å². The Morgan fingerprint density at radius 3 is 2.46 bits per heavy atom. The summed E-state index contributed by atoms with van der Waals surface area (Å²) in [6.45, 7) is 3.69. The topological polar surface area (TPSA) is 122 Å². The van der Waals surface area contributed by atoms with Crippen LogP contribution in [0.2, 0.25) is 0 Å². The van der Waals surface area contributed by atoms with Gasteiger partial charge in [-0.25, -0.2) is 19.9 Å². The average molecular weight is 567 g/mol. The molecule has 2 aliphatic heterocycles. The van der Waals surface area contributed by atoms with Gasteiger partial charge in [0.2, 0.25) is 0 Å². The molecule has 214 valence electrons. The summed E-state index contributed by atoms with van der Waals surface area (Å²) in [4.78, 5) is 34.5. The van der Waals surface area contributed by atoms with Crippen molar-refractivity contribution in [3.05, 3.63) is 47.9 Å². The van der Waals surface area contributed by atoms with E-state index >= 15 is 0 Å². The minimum Gasteiger partial charge on any atom is -0.382 e. The predicted octanol–water partition coefficient (Wildman–Crippen LogP) is 3.72. The molecule has 3 aromatic heterocycles. The van der Waals surface area contributed by atoms with Crippen molar-refractivity contribution in [1.82, 2.24) is 19.9 Å². The number of piperidine rings is 1. The zero-order valence-corrected chi connectivity index (χ0v) is 22.1. The van der Waals surface area contributed by atoms with Gasteiger partial charge in [0.15, 0.2) is 17.3 Å². The van der Waals surface area contributed by atoms with E-state index in [2.05, 4.69) is 30.2 Å². The molecule has 7 rings (SSSR count). The summed E-state index contributed by atoms with van der Waals surface area (Å²) < 4.78 is 47.4. The van der Waals surface area contributed by atoms with E-state index in [1.165, 1.54) is 18.9 Å². The van der Waals surface area contributed by atoms with Gasteiger partial charge in [-0.05, 0) is 60.8 Å². The number of hydrogen-bond acceptors (Lipinski definition) is 9. The average Bonchev–Trinajstić information content (AvgIpc) is 2.94. The van der Waals surface area contributed by atoms with Crippen LogP contribution < -0.4 is 20.9 Å². The van der Waals surface area contributed by atoms with E-state index < -0.39 is 23.3 Å². The summed E-state index contributed by atoms with van der Waals surface area (Å²) in [6, 6.07) is 6.04. The van der Waals surface area contributed by atoms with E-state index in [1.54, 1.807) is 6.20 Å². The largest absolute Gasteiger partial charge is 0.418 e. The van der Waals surface area contributed by atoms with Crippen molar-refractivity contribution in [2.45, 2.75) is 19.0 Å². The number of amides is 1. The molecule has 2 unspecified atom stereocenters. The Bertz CT molecular complexity index is 1480. The number of pyridine rings is 2. The third-order valence-electron chi connectivity index (χ3n) is 8.89. The van der Waals surface area contributed by atoms with Crippen molar-refractivity contribution < 1.29 is 22.7 Å². The van der Waals surface area contributed by atoms with Crippen LogP contribution in [0.3, 0.4) is 0 Å². The third kappa shape index (κ3) is 4.61. The van der Waals surface area contributed by atoms with Crippen LogP contribution in [0.5, 0.6) is 0 Å². The SMILES string of the molecule is Nc1ncc(-c2nc(N3CCOCC3)ccc2C(F)(F)F)nc1C(=O)Nc1ncccc1N1C[C@H]2CC3C[C@@H](C1)C32. The smallest absolute Gasteiger partial charge is 0.382 e. The lowest BCUT2D eigenvalue weighted by Gasteiger charge is -2.64. The second kappa shape index (κ2) is 9.82. The fourth-order valence-electron chi connectivity index (χ4n) is 6.93. The number of alkyl halides is 3. The lowest BCUT2D eigenvalue weighted by molar-refractivity contribution is -0.137. The molecule has 13 heteroatoms. The van der Waals surface area contributed by atoms with Crippen molar-refractivity contribution in [2.75, 3.05) is 60.2 Å². The molecular weight excluding hydrogens is 537 g/mol. The molecule has 5 heterocycles. The Labute approximate surface area is 234 Å². The molecule has 2 saturated heterocycles. The maximum Gasteiger partial charge on any atom is 0.418 e. The monoisotopic (exact) mass is 566 g/mol. The molecule has 2 saturated carbocycles. The lowest BCUT2D eigenvalue weighted by atomic mass is 9.46. The Hall–Kier alpha value is -4.00. The van der Waals surface area contributed by atoms with E-state index in [9.17, 15) is 18.0 Å². The van der Waals surface area contributed by atoms with Gasteiger partial charge in [-0.1, -0.05) is 0 Å². The zero-order chi connectivity index (χ0) is 28.3. The maximum absolute atomic E-state index is 14.0. The van der Waals surface area contributed by atoms with Gasteiger partial charge in [0.1, 0.15) is 17.2 Å². The summed E-state index contributed by atoms with van der Waals surface area (Å²) in [5.41, 5.74) is 4.89. The molecule has 3 aromatic rings. The van der Waals surface area contributed by atoms with Gasteiger partial charge in [-0.2, -0.15) is 13.2 Å². The van der Waals surface area contributed by atoms with Crippen LogP contribution in [-0.4, -0.2) is 65.2 Å². The van der Waals surface area contributed by atoms with Gasteiger partial charge in [0, 0.05) is 32.4 Å². The normalized spacial score (nSPS) is 25.1. The number of ether oxygens (including phenoxy) is 1. The van der Waals surface area contributed by atoms with E-state index in [4.69, 9.17) is 10.5 Å². The molecule has 4 aliphatic rings. The first-order chi connectivity index (χ1) is 19.8. The Morgan fingerprint density at radius 1 is 1.00 bits per heavy atom. The summed E-state index contributed by atoms with van der Waals surface area (Å²) in [5, 5.41) is 2.78. The Kier molecular flexibility index (Phi) is 6.21. The third-order valence-corrected chi connectivity index (χ3v) is 8.89. The first-order valence-corrected chi connectivity index (χ1v) is 13.8. The van der Waals surface area contributed by atoms with Gasteiger partial charge in [-0.3, -0.25) is 4.79 Å². The molecule has 0 bridgehead atoms. The van der Waals surface area contributed by atoms with Crippen molar-refractivity contribution in [2.24, 2.45) is 23.7 Å². The quantitative estimate of drug-likeness (QED) is 0.476. The highest BCUT2D eigenvalue weighted by Gasteiger charge is 2.56. The summed E-state index contributed by atoms with van der Waals surface area (Å²) in [5.74, 6) is 2.82. The standard InChI is InChI=1S/C28H29F3N8O2/c29-28(30,31)18-3-4-21(38-6-8-41-9-7-38)36-23(18)19-12-34-25(32)24(35-19)27(40)37-26-20(2-1-5-33-26)39-13-16-10-15-11-17(14-39)22(15)16/h1-5,12,15-17,22H,6-11,13-14H2,(H2,32,34)(H,33,37,40)/t15?,16-,17+,22?. The number of aromatic nitrogens is 4. The lowest BCUT2D eigenvalue weighted by Crippen LogP contribution is -2.62. The number of nitrogens with zero attached hydrogens (tertiary/aromatic N) is 6. The van der Waals surface area contributed by atoms with E-state index in [0.717, 1.165) is 42.9 Å². The molecule has 4 atom stereocenters. The second-order valence-corrected chi connectivity index (χ2v) is 11.2. The maximum atomic E-state index is 14.0. The fourth-order valence-corrected chi connectivity index (χ4v) is 6.93. The van der Waals surface area contributed by atoms with Crippen LogP contribution in [0.15, 0.2) is 36.7 Å². The van der Waals surface area contributed by atoms with Gasteiger partial charge < -0.3 is 25.6 Å². The van der Waals surface area contributed by atoms with Crippen LogP contribution in [0.4, 0.5) is 36.3 Å². The van der Waals surface area contributed by atoms with Crippen molar-refractivity contribution >= 4 is 29.0 Å². The number of anilines is 4. The molecular formula is C28H29F3N8O2. The molecule has 3 N–H and O–H groups in total. The predicted molar refractivity (Wildman–Crippen MR) is 145 cm³/mol. The van der Waals surface area contributed by atoms with Gasteiger partial charge in [0.25, 0.3) is 5.91 Å². The van der Waals surface area contributed by atoms with Crippen LogP contribution in [-0.2, 0) is 10.9 Å². The van der Waals surface area contributed by atoms with Crippen LogP contribution >= 0.6 is 0 Å². The van der Waals surface area contributed by atoms with Crippen LogP contribution in [0.25, 0.3) is 11.4 Å². The minimum atomic E-state index is -4.70. The first-order valence-electron chi connectivity index (χ1n) is 13.8. The van der Waals surface area contributed by atoms with Crippen molar-refractivity contribution in [1.29, 1.82) is 0 Å².